The van der Waals surface area contributed by atoms with Gasteiger partial charge in [0.15, 0.2) is 5.96 Å². The van der Waals surface area contributed by atoms with E-state index in [-0.39, 0.29) is 30.1 Å². The van der Waals surface area contributed by atoms with E-state index in [9.17, 15) is 0 Å². The molecule has 140 valence electrons. The van der Waals surface area contributed by atoms with E-state index in [1.165, 1.54) is 30.5 Å². The number of rotatable bonds is 5. The second-order valence-electron chi connectivity index (χ2n) is 6.81. The van der Waals surface area contributed by atoms with Gasteiger partial charge in [0.05, 0.1) is 19.3 Å². The van der Waals surface area contributed by atoms with Gasteiger partial charge in [0.2, 0.25) is 0 Å². The lowest BCUT2D eigenvalue weighted by Gasteiger charge is -2.35. The molecule has 2 heterocycles. The molecule has 6 heteroatoms. The normalized spacial score (nSPS) is 23.7. The Morgan fingerprint density at radius 2 is 2.08 bits per heavy atom. The van der Waals surface area contributed by atoms with Crippen LogP contribution in [0.25, 0.3) is 0 Å². The summed E-state index contributed by atoms with van der Waals surface area (Å²) in [5.74, 6) is 0.866. The van der Waals surface area contributed by atoms with Crippen LogP contribution in [-0.2, 0) is 11.3 Å². The van der Waals surface area contributed by atoms with Crippen molar-refractivity contribution in [1.29, 1.82) is 0 Å². The Kier molecular flexibility index (Phi) is 8.45. The number of nitrogens with zero attached hydrogens (tertiary/aromatic N) is 2. The maximum Gasteiger partial charge on any atom is 0.191 e. The molecular weight excluding hydrogens is 427 g/mol. The van der Waals surface area contributed by atoms with Gasteiger partial charge in [-0.2, -0.15) is 0 Å². The fourth-order valence-electron chi connectivity index (χ4n) is 3.43. The summed E-state index contributed by atoms with van der Waals surface area (Å²) < 4.78 is 6.01. The molecule has 2 N–H and O–H groups in total. The first kappa shape index (κ1) is 20.5. The number of hydrogen-bond donors (Lipinski definition) is 2. The number of aryl methyl sites for hydroxylation is 1. The zero-order valence-corrected chi connectivity index (χ0v) is 17.7. The summed E-state index contributed by atoms with van der Waals surface area (Å²) in [5, 5.41) is 6.76. The molecule has 0 aliphatic carbocycles. The lowest BCUT2D eigenvalue weighted by molar-refractivity contribution is -0.0453. The van der Waals surface area contributed by atoms with Crippen molar-refractivity contribution in [3.05, 3.63) is 35.4 Å². The average molecular weight is 458 g/mol. The Balaban J connectivity index is 0.00000225. The average Bonchev–Trinajstić information content (AvgIpc) is 3.06. The Hall–Kier alpha value is -0.860. The Morgan fingerprint density at radius 3 is 2.84 bits per heavy atom. The summed E-state index contributed by atoms with van der Waals surface area (Å²) in [6, 6.07) is 9.20. The highest BCUT2D eigenvalue weighted by molar-refractivity contribution is 14.0. The Labute approximate surface area is 168 Å². The summed E-state index contributed by atoms with van der Waals surface area (Å²) in [7, 11) is 0. The molecule has 0 amide bonds. The molecule has 0 saturated carbocycles. The fourth-order valence-corrected chi connectivity index (χ4v) is 3.43. The van der Waals surface area contributed by atoms with Crippen molar-refractivity contribution in [3.63, 3.8) is 0 Å². The van der Waals surface area contributed by atoms with Gasteiger partial charge in [-0.1, -0.05) is 29.8 Å². The number of aliphatic imine (C=N–C) groups is 1. The highest BCUT2D eigenvalue weighted by Gasteiger charge is 2.32. The van der Waals surface area contributed by atoms with Crippen LogP contribution >= 0.6 is 24.0 Å². The first-order valence-corrected chi connectivity index (χ1v) is 9.18. The molecule has 0 aromatic heterocycles. The summed E-state index contributed by atoms with van der Waals surface area (Å²) in [4.78, 5) is 7.27. The number of fused-ring (bicyclic) bond motifs is 1. The molecular formula is C19H31IN4O. The summed E-state index contributed by atoms with van der Waals surface area (Å²) in [5.41, 5.74) is 2.51. The predicted octanol–water partition coefficient (Wildman–Crippen LogP) is 2.53. The number of halogens is 1. The van der Waals surface area contributed by atoms with Crippen LogP contribution in [0.2, 0.25) is 0 Å². The minimum Gasteiger partial charge on any atom is -0.373 e. The standard InChI is InChI=1S/C19H30N4O.HI/c1-3-20-19(21-11-16-8-6-15(2)7-9-16)22-12-18-13-23-10-4-5-17(23)14-24-18;/h6-9,17-18H,3-5,10-14H2,1-2H3,(H2,20,21,22);1H. The topological polar surface area (TPSA) is 48.9 Å². The van der Waals surface area contributed by atoms with Gasteiger partial charge in [0.1, 0.15) is 0 Å². The first-order chi connectivity index (χ1) is 11.7. The number of benzene rings is 1. The molecule has 5 nitrogen and oxygen atoms in total. The van der Waals surface area contributed by atoms with Crippen molar-refractivity contribution >= 4 is 29.9 Å². The maximum atomic E-state index is 6.01. The van der Waals surface area contributed by atoms with Gasteiger partial charge in [-0.25, -0.2) is 4.99 Å². The van der Waals surface area contributed by atoms with Crippen molar-refractivity contribution in [3.8, 4) is 0 Å². The molecule has 2 fully saturated rings. The third-order valence-electron chi connectivity index (χ3n) is 4.84. The van der Waals surface area contributed by atoms with E-state index >= 15 is 0 Å². The van der Waals surface area contributed by atoms with Crippen LogP contribution in [0.15, 0.2) is 29.3 Å². The van der Waals surface area contributed by atoms with Gasteiger partial charge >= 0.3 is 0 Å². The second kappa shape index (κ2) is 10.3. The van der Waals surface area contributed by atoms with E-state index < -0.39 is 0 Å². The van der Waals surface area contributed by atoms with Crippen molar-refractivity contribution in [2.24, 2.45) is 4.99 Å². The molecule has 2 aliphatic heterocycles. The van der Waals surface area contributed by atoms with E-state index in [1.807, 2.05) is 0 Å². The highest BCUT2D eigenvalue weighted by atomic mass is 127. The van der Waals surface area contributed by atoms with E-state index in [4.69, 9.17) is 4.74 Å². The third kappa shape index (κ3) is 6.11. The lowest BCUT2D eigenvalue weighted by Crippen LogP contribution is -2.51. The molecule has 2 atom stereocenters. The zero-order valence-electron chi connectivity index (χ0n) is 15.3. The van der Waals surface area contributed by atoms with Crippen molar-refractivity contribution in [1.82, 2.24) is 15.5 Å². The van der Waals surface area contributed by atoms with Gasteiger partial charge in [0.25, 0.3) is 0 Å². The molecule has 25 heavy (non-hydrogen) atoms. The minimum absolute atomic E-state index is 0. The van der Waals surface area contributed by atoms with E-state index in [2.05, 4.69) is 58.6 Å². The van der Waals surface area contributed by atoms with E-state index in [0.717, 1.165) is 32.2 Å². The molecule has 2 unspecified atom stereocenters. The monoisotopic (exact) mass is 458 g/mol. The summed E-state index contributed by atoms with van der Waals surface area (Å²) in [6.07, 6.45) is 2.86. The Morgan fingerprint density at radius 1 is 1.28 bits per heavy atom. The molecule has 1 aromatic carbocycles. The number of guanidine groups is 1. The number of ether oxygens (including phenoxy) is 1. The van der Waals surface area contributed by atoms with Crippen LogP contribution in [0.3, 0.4) is 0 Å². The van der Waals surface area contributed by atoms with Crippen LogP contribution in [-0.4, -0.2) is 55.8 Å². The van der Waals surface area contributed by atoms with E-state index in [0.29, 0.717) is 12.6 Å². The molecule has 2 aliphatic rings. The lowest BCUT2D eigenvalue weighted by atomic mass is 10.1. The SMILES string of the molecule is CCNC(=NCc1ccc(C)cc1)NCC1CN2CCCC2CO1.I. The molecule has 0 spiro atoms. The quantitative estimate of drug-likeness (QED) is 0.405. The van der Waals surface area contributed by atoms with Crippen LogP contribution in [0.1, 0.15) is 30.9 Å². The number of nitrogens with one attached hydrogen (secondary N) is 2. The molecule has 0 bridgehead atoms. The van der Waals surface area contributed by atoms with Gasteiger partial charge < -0.3 is 15.4 Å². The van der Waals surface area contributed by atoms with Crippen LogP contribution < -0.4 is 10.6 Å². The highest BCUT2D eigenvalue weighted by Crippen LogP contribution is 2.22. The van der Waals surface area contributed by atoms with Crippen molar-refractivity contribution < 1.29 is 4.74 Å². The Bertz CT molecular complexity index is 549. The van der Waals surface area contributed by atoms with Gasteiger partial charge in [0, 0.05) is 25.7 Å². The number of hydrogen-bond acceptors (Lipinski definition) is 3. The molecule has 0 radical (unpaired) electrons. The number of morpholine rings is 1. The van der Waals surface area contributed by atoms with Crippen molar-refractivity contribution in [2.75, 3.05) is 32.8 Å². The zero-order chi connectivity index (χ0) is 16.8. The van der Waals surface area contributed by atoms with Crippen molar-refractivity contribution in [2.45, 2.75) is 45.4 Å². The first-order valence-electron chi connectivity index (χ1n) is 9.18. The van der Waals surface area contributed by atoms with Crippen LogP contribution in [0.4, 0.5) is 0 Å². The van der Waals surface area contributed by atoms with Crippen LogP contribution in [0, 0.1) is 6.92 Å². The largest absolute Gasteiger partial charge is 0.373 e. The molecule has 2 saturated heterocycles. The minimum atomic E-state index is 0. The van der Waals surface area contributed by atoms with E-state index in [1.54, 1.807) is 0 Å². The third-order valence-corrected chi connectivity index (χ3v) is 4.84. The summed E-state index contributed by atoms with van der Waals surface area (Å²) in [6.45, 7) is 9.70. The van der Waals surface area contributed by atoms with Crippen LogP contribution in [0.5, 0.6) is 0 Å². The smallest absolute Gasteiger partial charge is 0.191 e. The molecule has 1 aromatic rings. The maximum absolute atomic E-state index is 6.01. The fraction of sp³-hybridized carbons (Fsp3) is 0.632. The van der Waals surface area contributed by atoms with Gasteiger partial charge in [-0.15, -0.1) is 24.0 Å². The van der Waals surface area contributed by atoms with Gasteiger partial charge in [-0.3, -0.25) is 4.90 Å². The predicted molar refractivity (Wildman–Crippen MR) is 114 cm³/mol. The summed E-state index contributed by atoms with van der Waals surface area (Å²) >= 11 is 0. The molecule has 3 rings (SSSR count). The van der Waals surface area contributed by atoms with Gasteiger partial charge in [-0.05, 0) is 38.8 Å². The second-order valence-corrected chi connectivity index (χ2v) is 6.81.